The van der Waals surface area contributed by atoms with E-state index in [9.17, 15) is 24.0 Å². The van der Waals surface area contributed by atoms with Crippen LogP contribution in [-0.2, 0) is 19.2 Å². The molecule has 244 valence electrons. The molecule has 1 heterocycles. The van der Waals surface area contributed by atoms with E-state index in [1.54, 1.807) is 4.90 Å². The summed E-state index contributed by atoms with van der Waals surface area (Å²) >= 11 is 0. The summed E-state index contributed by atoms with van der Waals surface area (Å²) in [6.07, 6.45) is 12.4. The molecule has 1 aliphatic heterocycles. The summed E-state index contributed by atoms with van der Waals surface area (Å²) in [6, 6.07) is -2.72. The Balaban J connectivity index is 1.16. The third-order valence-electron chi connectivity index (χ3n) is 11.6. The van der Waals surface area contributed by atoms with Gasteiger partial charge in [-0.3, -0.25) is 19.2 Å². The Bertz CT molecular complexity index is 1140. The van der Waals surface area contributed by atoms with Crippen molar-refractivity contribution in [1.82, 2.24) is 26.2 Å². The van der Waals surface area contributed by atoms with Crippen molar-refractivity contribution in [2.75, 3.05) is 6.54 Å². The molecule has 7 aliphatic rings. The second kappa shape index (κ2) is 11.9. The number of nitrogens with one attached hydrogen (secondary N) is 4. The minimum atomic E-state index is -0.925. The van der Waals surface area contributed by atoms with Crippen molar-refractivity contribution >= 4 is 29.5 Å². The number of nitrogens with zero attached hydrogens (tertiary/aromatic N) is 1. The van der Waals surface area contributed by atoms with Gasteiger partial charge in [-0.2, -0.15) is 0 Å². The molecule has 44 heavy (non-hydrogen) atoms. The van der Waals surface area contributed by atoms with Crippen LogP contribution < -0.4 is 21.3 Å². The summed E-state index contributed by atoms with van der Waals surface area (Å²) in [6.45, 7) is 8.21. The molecule has 7 rings (SSSR count). The van der Waals surface area contributed by atoms with Gasteiger partial charge in [-0.05, 0) is 106 Å². The molecule has 0 aromatic heterocycles. The molecule has 7 fully saturated rings. The fourth-order valence-electron chi connectivity index (χ4n) is 9.81. The van der Waals surface area contributed by atoms with Gasteiger partial charge in [-0.1, -0.05) is 40.5 Å². The molecule has 4 bridgehead atoms. The highest BCUT2D eigenvalue weighted by molar-refractivity contribution is 6.38. The van der Waals surface area contributed by atoms with Gasteiger partial charge in [0.25, 0.3) is 5.91 Å². The van der Waals surface area contributed by atoms with Crippen LogP contribution in [0.4, 0.5) is 4.79 Å². The molecular weight excluding hydrogens is 558 g/mol. The third kappa shape index (κ3) is 6.37. The van der Waals surface area contributed by atoms with Crippen LogP contribution in [0.25, 0.3) is 0 Å². The quantitative estimate of drug-likeness (QED) is 0.281. The van der Waals surface area contributed by atoms with Crippen LogP contribution in [-0.4, -0.2) is 70.7 Å². The van der Waals surface area contributed by atoms with E-state index in [1.807, 2.05) is 27.7 Å². The molecule has 1 saturated heterocycles. The van der Waals surface area contributed by atoms with Gasteiger partial charge in [0.1, 0.15) is 12.1 Å². The number of rotatable bonds is 10. The van der Waals surface area contributed by atoms with Crippen molar-refractivity contribution in [3.05, 3.63) is 0 Å². The minimum absolute atomic E-state index is 0.00177. The van der Waals surface area contributed by atoms with Gasteiger partial charge in [-0.25, -0.2) is 4.79 Å². The summed E-state index contributed by atoms with van der Waals surface area (Å²) in [5.74, 6) is 0.372. The molecule has 0 aromatic carbocycles. The summed E-state index contributed by atoms with van der Waals surface area (Å²) in [5.41, 5.74) is -0.764. The van der Waals surface area contributed by atoms with Crippen LogP contribution in [0.3, 0.4) is 0 Å². The van der Waals surface area contributed by atoms with Crippen LogP contribution in [0.5, 0.6) is 0 Å². The van der Waals surface area contributed by atoms with Crippen molar-refractivity contribution in [1.29, 1.82) is 0 Å². The van der Waals surface area contributed by atoms with Crippen LogP contribution in [0.1, 0.15) is 111 Å². The molecule has 10 nitrogen and oxygen atoms in total. The maximum absolute atomic E-state index is 14.4. The maximum atomic E-state index is 14.4. The molecule has 5 amide bonds. The van der Waals surface area contributed by atoms with E-state index in [-0.39, 0.29) is 41.3 Å². The van der Waals surface area contributed by atoms with E-state index in [4.69, 9.17) is 0 Å². The molecule has 0 radical (unpaired) electrons. The van der Waals surface area contributed by atoms with E-state index in [0.717, 1.165) is 51.4 Å². The van der Waals surface area contributed by atoms with Gasteiger partial charge < -0.3 is 26.2 Å². The first-order chi connectivity index (χ1) is 20.9. The fourth-order valence-corrected chi connectivity index (χ4v) is 9.81. The lowest BCUT2D eigenvalue weighted by atomic mass is 9.53. The van der Waals surface area contributed by atoms with Gasteiger partial charge >= 0.3 is 6.03 Å². The number of likely N-dealkylation sites (tertiary alicyclic amines) is 1. The number of carbonyl (C=O) groups excluding carboxylic acids is 5. The van der Waals surface area contributed by atoms with Crippen molar-refractivity contribution < 1.29 is 24.0 Å². The molecule has 6 saturated carbocycles. The second-order valence-electron chi connectivity index (χ2n) is 16.3. The van der Waals surface area contributed by atoms with Gasteiger partial charge in [0.2, 0.25) is 17.6 Å². The first-order valence-electron chi connectivity index (χ1n) is 17.4. The lowest BCUT2D eigenvalue weighted by Crippen LogP contribution is -2.65. The SMILES string of the molecule is CCC[C@H](NC(=O)[C@@H]1C2CCCC2CN1C(=O)[C@@H](NC(=O)NC12CC3CC(CC(C3)C1)C2)C(C)(C)C)C(=O)C(=O)NC1CC1. The monoisotopic (exact) mass is 611 g/mol. The Labute approximate surface area is 262 Å². The first-order valence-corrected chi connectivity index (χ1v) is 17.4. The average Bonchev–Trinajstić information content (AvgIpc) is 3.49. The van der Waals surface area contributed by atoms with Crippen molar-refractivity contribution in [2.45, 2.75) is 141 Å². The smallest absolute Gasteiger partial charge is 0.315 e. The number of ketones is 1. The van der Waals surface area contributed by atoms with E-state index < -0.39 is 35.2 Å². The van der Waals surface area contributed by atoms with Crippen LogP contribution in [0, 0.1) is 35.0 Å². The highest BCUT2D eigenvalue weighted by Crippen LogP contribution is 2.55. The van der Waals surface area contributed by atoms with E-state index in [2.05, 4.69) is 21.3 Å². The highest BCUT2D eigenvalue weighted by atomic mass is 16.2. The predicted molar refractivity (Wildman–Crippen MR) is 165 cm³/mol. The number of carbonyl (C=O) groups is 5. The number of Topliss-reactive ketones (excluding diaryl/α,β-unsaturated/α-hetero) is 1. The number of hydrogen-bond donors (Lipinski definition) is 4. The van der Waals surface area contributed by atoms with Crippen molar-refractivity contribution in [3.8, 4) is 0 Å². The van der Waals surface area contributed by atoms with Gasteiger partial charge in [-0.15, -0.1) is 0 Å². The normalized spacial score (nSPS) is 35.0. The predicted octanol–water partition coefficient (Wildman–Crippen LogP) is 3.43. The topological polar surface area (TPSA) is 137 Å². The molecule has 4 N–H and O–H groups in total. The van der Waals surface area contributed by atoms with E-state index in [1.165, 1.54) is 19.3 Å². The van der Waals surface area contributed by atoms with E-state index in [0.29, 0.717) is 37.1 Å². The molecular formula is C34H53N5O5. The maximum Gasteiger partial charge on any atom is 0.315 e. The zero-order valence-electron chi connectivity index (χ0n) is 27.1. The molecule has 5 atom stereocenters. The lowest BCUT2D eigenvalue weighted by molar-refractivity contribution is -0.144. The largest absolute Gasteiger partial charge is 0.347 e. The molecule has 0 spiro atoms. The Morgan fingerprint density at radius 1 is 0.886 bits per heavy atom. The van der Waals surface area contributed by atoms with Gasteiger partial charge in [0.05, 0.1) is 6.04 Å². The molecule has 2 unspecified atom stereocenters. The molecule has 0 aromatic rings. The van der Waals surface area contributed by atoms with Crippen molar-refractivity contribution in [2.24, 2.45) is 35.0 Å². The number of urea groups is 1. The number of amides is 5. The zero-order chi connectivity index (χ0) is 31.4. The standard InChI is InChI=1S/C34H53N5O5/c1-5-7-25(27(40)30(42)35-23-10-11-23)36-29(41)26-24-9-6-8-22(24)18-39(26)31(43)28(33(2,3)4)37-32(44)38-34-15-19-12-20(16-34)14-21(13-19)17-34/h19-26,28H,5-18H2,1-4H3,(H,35,42)(H,36,41)(H2,37,38,44)/t19?,20?,21?,22?,24?,25-,26-,28+,34?/m0/s1. The summed E-state index contributed by atoms with van der Waals surface area (Å²) in [5, 5.41) is 12.1. The van der Waals surface area contributed by atoms with Crippen molar-refractivity contribution in [3.63, 3.8) is 0 Å². The minimum Gasteiger partial charge on any atom is -0.347 e. The average molecular weight is 612 g/mol. The fraction of sp³-hybridized carbons (Fsp3) is 0.853. The second-order valence-corrected chi connectivity index (χ2v) is 16.3. The Morgan fingerprint density at radius 3 is 2.09 bits per heavy atom. The van der Waals surface area contributed by atoms with Gasteiger partial charge in [0.15, 0.2) is 0 Å². The van der Waals surface area contributed by atoms with Crippen LogP contribution >= 0.6 is 0 Å². The molecule has 10 heteroatoms. The van der Waals surface area contributed by atoms with Crippen LogP contribution in [0.2, 0.25) is 0 Å². The number of hydrogen-bond acceptors (Lipinski definition) is 5. The van der Waals surface area contributed by atoms with E-state index >= 15 is 0 Å². The first kappa shape index (κ1) is 31.3. The zero-order valence-corrected chi connectivity index (χ0v) is 27.1. The summed E-state index contributed by atoms with van der Waals surface area (Å²) in [4.78, 5) is 69.3. The summed E-state index contributed by atoms with van der Waals surface area (Å²) in [7, 11) is 0. The number of fused-ring (bicyclic) bond motifs is 1. The van der Waals surface area contributed by atoms with Gasteiger partial charge in [0, 0.05) is 18.1 Å². The van der Waals surface area contributed by atoms with Crippen LogP contribution in [0.15, 0.2) is 0 Å². The third-order valence-corrected chi connectivity index (χ3v) is 11.6. The lowest BCUT2D eigenvalue weighted by Gasteiger charge is -2.56. The summed E-state index contributed by atoms with van der Waals surface area (Å²) < 4.78 is 0. The Morgan fingerprint density at radius 2 is 1.52 bits per heavy atom. The highest BCUT2D eigenvalue weighted by Gasteiger charge is 2.54. The Kier molecular flexibility index (Phi) is 8.50. The molecule has 6 aliphatic carbocycles. The Hall–Kier alpha value is -2.65.